The summed E-state index contributed by atoms with van der Waals surface area (Å²) < 4.78 is 0. The Morgan fingerprint density at radius 3 is 2.85 bits per heavy atom. The summed E-state index contributed by atoms with van der Waals surface area (Å²) >= 11 is 0. The van der Waals surface area contributed by atoms with Crippen LogP contribution < -0.4 is 0 Å². The molecule has 0 saturated carbocycles. The number of imidazole rings is 1. The van der Waals surface area contributed by atoms with Gasteiger partial charge in [0.25, 0.3) is 0 Å². The summed E-state index contributed by atoms with van der Waals surface area (Å²) in [4.78, 5) is 34.2. The van der Waals surface area contributed by atoms with Crippen molar-refractivity contribution in [2.45, 2.75) is 45.8 Å². The van der Waals surface area contributed by atoms with Crippen molar-refractivity contribution < 1.29 is 14.7 Å². The Morgan fingerprint density at radius 1 is 1.60 bits per heavy atom. The van der Waals surface area contributed by atoms with Gasteiger partial charge in [-0.2, -0.15) is 0 Å². The highest BCUT2D eigenvalue weighted by atomic mass is 16.4. The number of hydrogen-bond donors (Lipinski definition) is 2. The number of nitrogens with zero attached hydrogens (tertiary/aromatic N) is 3. The Hall–Kier alpha value is -2.05. The molecule has 7 nitrogen and oxygen atoms in total. The maximum Gasteiger partial charge on any atom is 0.326 e. The van der Waals surface area contributed by atoms with Crippen molar-refractivity contribution in [2.75, 3.05) is 6.54 Å². The molecule has 0 saturated heterocycles. The van der Waals surface area contributed by atoms with Gasteiger partial charge in [-0.15, -0.1) is 0 Å². The first-order chi connectivity index (χ1) is 9.45. The Kier molecular flexibility index (Phi) is 3.96. The molecular weight excluding hydrogens is 260 g/mol. The molecule has 2 amide bonds. The van der Waals surface area contributed by atoms with Gasteiger partial charge in [0.15, 0.2) is 0 Å². The van der Waals surface area contributed by atoms with E-state index in [2.05, 4.69) is 9.97 Å². The number of H-pyrrole nitrogens is 1. The fourth-order valence-corrected chi connectivity index (χ4v) is 2.54. The average Bonchev–Trinajstić information content (AvgIpc) is 2.84. The average molecular weight is 280 g/mol. The quantitative estimate of drug-likeness (QED) is 0.866. The van der Waals surface area contributed by atoms with E-state index in [0.717, 1.165) is 11.4 Å². The monoisotopic (exact) mass is 280 g/mol. The van der Waals surface area contributed by atoms with Crippen molar-refractivity contribution in [2.24, 2.45) is 0 Å². The number of hydrogen-bond acceptors (Lipinski definition) is 3. The van der Waals surface area contributed by atoms with Crippen molar-refractivity contribution in [1.82, 2.24) is 19.8 Å². The number of aromatic amines is 1. The van der Waals surface area contributed by atoms with E-state index in [-0.39, 0.29) is 25.0 Å². The second kappa shape index (κ2) is 5.52. The van der Waals surface area contributed by atoms with E-state index in [1.807, 2.05) is 20.8 Å². The van der Waals surface area contributed by atoms with Crippen molar-refractivity contribution in [3.63, 3.8) is 0 Å². The van der Waals surface area contributed by atoms with Crippen LogP contribution in [0.5, 0.6) is 0 Å². The zero-order valence-corrected chi connectivity index (χ0v) is 12.0. The van der Waals surface area contributed by atoms with E-state index >= 15 is 0 Å². The number of rotatable bonds is 3. The second-order valence-electron chi connectivity index (χ2n) is 5.18. The van der Waals surface area contributed by atoms with Gasteiger partial charge in [0.1, 0.15) is 6.04 Å². The molecule has 0 radical (unpaired) electrons. The smallest absolute Gasteiger partial charge is 0.326 e. The minimum atomic E-state index is -0.994. The number of amides is 2. The van der Waals surface area contributed by atoms with Crippen LogP contribution in [-0.4, -0.2) is 55.5 Å². The molecule has 2 heterocycles. The summed E-state index contributed by atoms with van der Waals surface area (Å²) in [5.74, 6) is -0.994. The molecule has 0 bridgehead atoms. The molecular formula is C13H20N4O3. The fraction of sp³-hybridized carbons (Fsp3) is 0.615. The topological polar surface area (TPSA) is 89.5 Å². The lowest BCUT2D eigenvalue weighted by Gasteiger charge is -2.37. The van der Waals surface area contributed by atoms with Gasteiger partial charge in [-0.05, 0) is 20.8 Å². The van der Waals surface area contributed by atoms with Gasteiger partial charge < -0.3 is 19.9 Å². The molecule has 1 atom stereocenters. The second-order valence-corrected chi connectivity index (χ2v) is 5.18. The Labute approximate surface area is 117 Å². The van der Waals surface area contributed by atoms with Gasteiger partial charge in [-0.3, -0.25) is 0 Å². The maximum atomic E-state index is 12.6. The van der Waals surface area contributed by atoms with E-state index in [1.54, 1.807) is 4.90 Å². The van der Waals surface area contributed by atoms with Crippen LogP contribution in [0.4, 0.5) is 4.79 Å². The van der Waals surface area contributed by atoms with Gasteiger partial charge in [0.05, 0.1) is 24.3 Å². The molecule has 0 aliphatic carbocycles. The first-order valence-corrected chi connectivity index (χ1v) is 6.76. The third kappa shape index (κ3) is 2.48. The largest absolute Gasteiger partial charge is 0.480 e. The number of aromatic nitrogens is 2. The number of nitrogens with one attached hydrogen (secondary N) is 1. The van der Waals surface area contributed by atoms with Crippen LogP contribution in [0.15, 0.2) is 6.33 Å². The van der Waals surface area contributed by atoms with Crippen LogP contribution >= 0.6 is 0 Å². The normalized spacial score (nSPS) is 18.0. The minimum absolute atomic E-state index is 0.0325. The molecule has 1 aromatic rings. The molecule has 2 N–H and O–H groups in total. The summed E-state index contributed by atoms with van der Waals surface area (Å²) in [5.41, 5.74) is 1.55. The highest BCUT2D eigenvalue weighted by Gasteiger charge is 2.37. The SMILES string of the molecule is CCN(C(=O)N1Cc2[nH]cnc2CC1C(=O)O)C(C)C. The third-order valence-electron chi connectivity index (χ3n) is 3.64. The molecule has 20 heavy (non-hydrogen) atoms. The lowest BCUT2D eigenvalue weighted by Crippen LogP contribution is -2.54. The molecule has 1 aromatic heterocycles. The summed E-state index contributed by atoms with van der Waals surface area (Å²) in [5, 5.41) is 9.36. The molecule has 1 aliphatic rings. The predicted molar refractivity (Wildman–Crippen MR) is 72.2 cm³/mol. The fourth-order valence-electron chi connectivity index (χ4n) is 2.54. The van der Waals surface area contributed by atoms with E-state index in [9.17, 15) is 14.7 Å². The summed E-state index contributed by atoms with van der Waals surface area (Å²) in [7, 11) is 0. The van der Waals surface area contributed by atoms with Gasteiger partial charge in [-0.25, -0.2) is 14.6 Å². The van der Waals surface area contributed by atoms with E-state index in [4.69, 9.17) is 0 Å². The molecule has 1 unspecified atom stereocenters. The third-order valence-corrected chi connectivity index (χ3v) is 3.64. The van der Waals surface area contributed by atoms with Crippen LogP contribution in [0.3, 0.4) is 0 Å². The van der Waals surface area contributed by atoms with Crippen molar-refractivity contribution in [1.29, 1.82) is 0 Å². The Bertz CT molecular complexity index is 511. The van der Waals surface area contributed by atoms with E-state index < -0.39 is 12.0 Å². The highest BCUT2D eigenvalue weighted by molar-refractivity contribution is 5.83. The molecule has 1 aliphatic heterocycles. The van der Waals surface area contributed by atoms with Crippen molar-refractivity contribution in [3.8, 4) is 0 Å². The van der Waals surface area contributed by atoms with Crippen LogP contribution in [0.25, 0.3) is 0 Å². The number of carbonyl (C=O) groups excluding carboxylic acids is 1. The maximum absolute atomic E-state index is 12.6. The number of carbonyl (C=O) groups is 2. The zero-order valence-electron chi connectivity index (χ0n) is 12.0. The van der Waals surface area contributed by atoms with Gasteiger partial charge in [-0.1, -0.05) is 0 Å². The number of carboxylic acid groups (broad SMARTS) is 1. The summed E-state index contributed by atoms with van der Waals surface area (Å²) in [6.45, 7) is 6.54. The lowest BCUT2D eigenvalue weighted by molar-refractivity contribution is -0.143. The van der Waals surface area contributed by atoms with E-state index in [0.29, 0.717) is 6.54 Å². The van der Waals surface area contributed by atoms with Gasteiger partial charge in [0, 0.05) is 19.0 Å². The molecule has 0 fully saturated rings. The number of urea groups is 1. The van der Waals surface area contributed by atoms with Crippen molar-refractivity contribution in [3.05, 3.63) is 17.7 Å². The summed E-state index contributed by atoms with van der Waals surface area (Å²) in [6.07, 6.45) is 1.78. The van der Waals surface area contributed by atoms with Crippen LogP contribution in [0.1, 0.15) is 32.2 Å². The lowest BCUT2D eigenvalue weighted by atomic mass is 10.0. The first kappa shape index (κ1) is 14.4. The molecule has 7 heteroatoms. The standard InChI is InChI=1S/C13H20N4O3/c1-4-16(8(2)3)13(20)17-6-10-9(14-7-15-10)5-11(17)12(18)19/h7-8,11H,4-6H2,1-3H3,(H,14,15)(H,18,19). The van der Waals surface area contributed by atoms with Crippen LogP contribution in [0, 0.1) is 0 Å². The van der Waals surface area contributed by atoms with Crippen LogP contribution in [0.2, 0.25) is 0 Å². The Balaban J connectivity index is 2.28. The number of aliphatic carboxylic acids is 1. The number of fused-ring (bicyclic) bond motifs is 1. The first-order valence-electron chi connectivity index (χ1n) is 6.76. The van der Waals surface area contributed by atoms with Gasteiger partial charge >= 0.3 is 12.0 Å². The highest BCUT2D eigenvalue weighted by Crippen LogP contribution is 2.22. The van der Waals surface area contributed by atoms with Crippen molar-refractivity contribution >= 4 is 12.0 Å². The molecule has 0 aromatic carbocycles. The molecule has 2 rings (SSSR count). The van der Waals surface area contributed by atoms with E-state index in [1.165, 1.54) is 11.2 Å². The van der Waals surface area contributed by atoms with Crippen LogP contribution in [-0.2, 0) is 17.8 Å². The Morgan fingerprint density at radius 2 is 2.30 bits per heavy atom. The molecule has 110 valence electrons. The zero-order chi connectivity index (χ0) is 14.9. The number of carboxylic acids is 1. The minimum Gasteiger partial charge on any atom is -0.480 e. The predicted octanol–water partition coefficient (Wildman–Crippen LogP) is 1.07. The molecule has 0 spiro atoms. The van der Waals surface area contributed by atoms with Gasteiger partial charge in [0.2, 0.25) is 0 Å². The summed E-state index contributed by atoms with van der Waals surface area (Å²) in [6, 6.07) is -1.06.